The molecule has 1 aliphatic heterocycles. The number of anilines is 1. The van der Waals surface area contributed by atoms with Crippen molar-refractivity contribution < 1.29 is 14.7 Å². The lowest BCUT2D eigenvalue weighted by molar-refractivity contribution is -0.137. The van der Waals surface area contributed by atoms with E-state index in [2.05, 4.69) is 5.32 Å². The molecule has 0 atom stereocenters. The molecular weight excluding hydrogens is 282 g/mol. The first-order chi connectivity index (χ1) is 9.56. The number of hydrogen-bond donors (Lipinski definition) is 2. The predicted molar refractivity (Wildman–Crippen MR) is 71.7 cm³/mol. The minimum atomic E-state index is -0.524. The van der Waals surface area contributed by atoms with Crippen LogP contribution in [0.5, 0.6) is 0 Å². The second-order valence-corrected chi connectivity index (χ2v) is 4.42. The van der Waals surface area contributed by atoms with Crippen LogP contribution in [0.4, 0.5) is 5.69 Å². The lowest BCUT2D eigenvalue weighted by Crippen LogP contribution is -2.34. The molecule has 2 N–H and O–H groups in total. The van der Waals surface area contributed by atoms with E-state index in [4.69, 9.17) is 22.0 Å². The molecule has 0 fully saturated rings. The van der Waals surface area contributed by atoms with Gasteiger partial charge in [-0.1, -0.05) is 11.6 Å². The Hall–Kier alpha value is -2.36. The van der Waals surface area contributed by atoms with Gasteiger partial charge in [-0.05, 0) is 18.2 Å². The second kappa shape index (κ2) is 5.74. The maximum Gasteiger partial charge on any atom is 0.277 e. The molecule has 0 aromatic heterocycles. The highest BCUT2D eigenvalue weighted by Gasteiger charge is 2.30. The number of nitrogens with one attached hydrogen (secondary N) is 1. The molecule has 20 heavy (non-hydrogen) atoms. The smallest absolute Gasteiger partial charge is 0.277 e. The highest BCUT2D eigenvalue weighted by molar-refractivity contribution is 6.33. The van der Waals surface area contributed by atoms with Crippen molar-refractivity contribution >= 4 is 29.1 Å². The van der Waals surface area contributed by atoms with Gasteiger partial charge < -0.3 is 10.4 Å². The first kappa shape index (κ1) is 14.1. The van der Waals surface area contributed by atoms with Crippen molar-refractivity contribution in [3.05, 3.63) is 40.6 Å². The molecule has 1 aliphatic rings. The minimum absolute atomic E-state index is 0.0551. The molecular formula is C13H10ClN3O3. The normalized spacial score (nSPS) is 14.2. The van der Waals surface area contributed by atoms with Gasteiger partial charge in [0.05, 0.1) is 35.5 Å². The zero-order valence-electron chi connectivity index (χ0n) is 10.3. The number of rotatable bonds is 4. The van der Waals surface area contributed by atoms with Crippen molar-refractivity contribution in [2.45, 2.75) is 0 Å². The Morgan fingerprint density at radius 1 is 1.40 bits per heavy atom. The topological polar surface area (TPSA) is 93.4 Å². The largest absolute Gasteiger partial charge is 0.395 e. The van der Waals surface area contributed by atoms with Gasteiger partial charge in [-0.2, -0.15) is 5.26 Å². The number of benzene rings is 1. The van der Waals surface area contributed by atoms with Crippen molar-refractivity contribution in [1.29, 1.82) is 5.26 Å². The molecule has 0 saturated carbocycles. The number of amides is 2. The Labute approximate surface area is 119 Å². The highest BCUT2D eigenvalue weighted by atomic mass is 35.5. The molecule has 1 heterocycles. The van der Waals surface area contributed by atoms with E-state index in [0.717, 1.165) is 11.0 Å². The van der Waals surface area contributed by atoms with Gasteiger partial charge in [0.2, 0.25) is 0 Å². The zero-order valence-corrected chi connectivity index (χ0v) is 11.0. The molecule has 0 bridgehead atoms. The van der Waals surface area contributed by atoms with Crippen molar-refractivity contribution in [3.8, 4) is 6.07 Å². The SMILES string of the molecule is N#Cc1ccc(NC2=CC(=O)N(CCO)C2=O)c(Cl)c1. The monoisotopic (exact) mass is 291 g/mol. The van der Waals surface area contributed by atoms with E-state index in [1.165, 1.54) is 6.07 Å². The predicted octanol–water partition coefficient (Wildman–Crippen LogP) is 0.869. The summed E-state index contributed by atoms with van der Waals surface area (Å²) in [5.74, 6) is -1.01. The first-order valence-electron chi connectivity index (χ1n) is 5.72. The third-order valence-corrected chi connectivity index (χ3v) is 3.01. The molecule has 6 nitrogen and oxygen atoms in total. The molecule has 7 heteroatoms. The van der Waals surface area contributed by atoms with Gasteiger partial charge >= 0.3 is 0 Å². The van der Waals surface area contributed by atoms with E-state index in [9.17, 15) is 9.59 Å². The molecule has 0 aliphatic carbocycles. The summed E-state index contributed by atoms with van der Waals surface area (Å²) < 4.78 is 0. The van der Waals surface area contributed by atoms with Crippen LogP contribution in [0.1, 0.15) is 5.56 Å². The Morgan fingerprint density at radius 2 is 2.15 bits per heavy atom. The molecule has 1 aromatic carbocycles. The van der Waals surface area contributed by atoms with Crippen LogP contribution < -0.4 is 5.32 Å². The molecule has 0 saturated heterocycles. The third kappa shape index (κ3) is 2.64. The minimum Gasteiger partial charge on any atom is -0.395 e. The Bertz CT molecular complexity index is 649. The van der Waals surface area contributed by atoms with Gasteiger partial charge in [0.25, 0.3) is 11.8 Å². The van der Waals surface area contributed by atoms with Gasteiger partial charge in [-0.15, -0.1) is 0 Å². The number of nitrogens with zero attached hydrogens (tertiary/aromatic N) is 2. The Morgan fingerprint density at radius 3 is 2.75 bits per heavy atom. The third-order valence-electron chi connectivity index (χ3n) is 2.70. The number of β-amino-alcohol motifs (C(OH)–C–C–N with tert-alkyl or cyclic N) is 1. The summed E-state index contributed by atoms with van der Waals surface area (Å²) in [5.41, 5.74) is 0.893. The average molecular weight is 292 g/mol. The number of hydrogen-bond acceptors (Lipinski definition) is 5. The number of nitriles is 1. The lowest BCUT2D eigenvalue weighted by Gasteiger charge is -2.13. The molecule has 0 spiro atoms. The van der Waals surface area contributed by atoms with Gasteiger partial charge in [-0.25, -0.2) is 0 Å². The molecule has 0 unspecified atom stereocenters. The summed E-state index contributed by atoms with van der Waals surface area (Å²) in [6, 6.07) is 6.49. The number of aliphatic hydroxyl groups excluding tert-OH is 1. The van der Waals surface area contributed by atoms with Crippen LogP contribution in [0, 0.1) is 11.3 Å². The van der Waals surface area contributed by atoms with E-state index in [1.807, 2.05) is 6.07 Å². The Balaban J connectivity index is 2.19. The second-order valence-electron chi connectivity index (χ2n) is 4.01. The summed E-state index contributed by atoms with van der Waals surface area (Å²) in [5, 5.41) is 20.6. The van der Waals surface area contributed by atoms with E-state index in [0.29, 0.717) is 11.3 Å². The van der Waals surface area contributed by atoms with Crippen molar-refractivity contribution in [2.75, 3.05) is 18.5 Å². The number of imide groups is 1. The van der Waals surface area contributed by atoms with Crippen LogP contribution in [0.3, 0.4) is 0 Å². The summed E-state index contributed by atoms with van der Waals surface area (Å²) in [6.07, 6.45) is 1.15. The molecule has 2 rings (SSSR count). The van der Waals surface area contributed by atoms with Crippen LogP contribution in [-0.4, -0.2) is 35.0 Å². The molecule has 102 valence electrons. The van der Waals surface area contributed by atoms with Crippen LogP contribution >= 0.6 is 11.6 Å². The van der Waals surface area contributed by atoms with Crippen LogP contribution in [0.2, 0.25) is 5.02 Å². The maximum absolute atomic E-state index is 11.9. The number of aliphatic hydroxyl groups is 1. The highest BCUT2D eigenvalue weighted by Crippen LogP contribution is 2.25. The summed E-state index contributed by atoms with van der Waals surface area (Å²) in [4.78, 5) is 24.4. The maximum atomic E-state index is 11.9. The van der Waals surface area contributed by atoms with Gasteiger partial charge in [0, 0.05) is 6.08 Å². The van der Waals surface area contributed by atoms with Gasteiger partial charge in [0.15, 0.2) is 0 Å². The van der Waals surface area contributed by atoms with Crippen LogP contribution in [0.25, 0.3) is 0 Å². The Kier molecular flexibility index (Phi) is 4.03. The molecule has 0 radical (unpaired) electrons. The van der Waals surface area contributed by atoms with Gasteiger partial charge in [-0.3, -0.25) is 14.5 Å². The van der Waals surface area contributed by atoms with Crippen molar-refractivity contribution in [1.82, 2.24) is 4.90 Å². The van der Waals surface area contributed by atoms with Crippen LogP contribution in [-0.2, 0) is 9.59 Å². The zero-order chi connectivity index (χ0) is 14.7. The first-order valence-corrected chi connectivity index (χ1v) is 6.09. The van der Waals surface area contributed by atoms with E-state index < -0.39 is 11.8 Å². The number of carbonyl (C=O) groups excluding carboxylic acids is 2. The number of halogens is 1. The van der Waals surface area contributed by atoms with E-state index >= 15 is 0 Å². The number of carbonyl (C=O) groups is 2. The summed E-state index contributed by atoms with van der Waals surface area (Å²) in [7, 11) is 0. The standard InChI is InChI=1S/C13H10ClN3O3/c14-9-5-8(7-15)1-2-10(9)16-11-6-12(19)17(3-4-18)13(11)20/h1-2,5-6,16,18H,3-4H2. The summed E-state index contributed by atoms with van der Waals surface area (Å²) in [6.45, 7) is -0.351. The lowest BCUT2D eigenvalue weighted by atomic mass is 10.2. The van der Waals surface area contributed by atoms with Crippen molar-refractivity contribution in [3.63, 3.8) is 0 Å². The fourth-order valence-electron chi connectivity index (χ4n) is 1.74. The van der Waals surface area contributed by atoms with E-state index in [1.54, 1.807) is 12.1 Å². The fraction of sp³-hybridized carbons (Fsp3) is 0.154. The quantitative estimate of drug-likeness (QED) is 0.803. The average Bonchev–Trinajstić information content (AvgIpc) is 2.69. The van der Waals surface area contributed by atoms with Crippen LogP contribution in [0.15, 0.2) is 30.0 Å². The van der Waals surface area contributed by atoms with E-state index in [-0.39, 0.29) is 23.9 Å². The fourth-order valence-corrected chi connectivity index (χ4v) is 1.97. The molecule has 2 amide bonds. The van der Waals surface area contributed by atoms with Gasteiger partial charge in [0.1, 0.15) is 5.70 Å². The summed E-state index contributed by atoms with van der Waals surface area (Å²) >= 11 is 5.98. The van der Waals surface area contributed by atoms with Crippen molar-refractivity contribution in [2.24, 2.45) is 0 Å². The molecule has 1 aromatic rings.